The van der Waals surface area contributed by atoms with Crippen LogP contribution >= 0.6 is 0 Å². The molecule has 0 unspecified atom stereocenters. The first-order chi connectivity index (χ1) is 10.3. The van der Waals surface area contributed by atoms with Crippen molar-refractivity contribution in [2.24, 2.45) is 15.2 Å². The molecule has 2 heterocycles. The molecule has 0 saturated heterocycles. The molecular formula is C16H12N4O. The number of para-hydroxylation sites is 2. The fraction of sp³-hybridized carbons (Fsp3) is 0.0625. The summed E-state index contributed by atoms with van der Waals surface area (Å²) in [5.74, 6) is 0.678. The van der Waals surface area contributed by atoms with Crippen LogP contribution in [0.4, 0.5) is 11.4 Å². The van der Waals surface area contributed by atoms with Gasteiger partial charge in [0.1, 0.15) is 0 Å². The van der Waals surface area contributed by atoms with Crippen molar-refractivity contribution < 1.29 is 5.11 Å². The Morgan fingerprint density at radius 1 is 1.00 bits per heavy atom. The lowest BCUT2D eigenvalue weighted by molar-refractivity contribution is 0.459. The maximum Gasteiger partial charge on any atom is 0.218 e. The molecule has 1 aromatic heterocycles. The van der Waals surface area contributed by atoms with E-state index >= 15 is 0 Å². The zero-order chi connectivity index (χ0) is 14.2. The monoisotopic (exact) mass is 276 g/mol. The molecule has 0 saturated carbocycles. The van der Waals surface area contributed by atoms with E-state index in [1.165, 1.54) is 0 Å². The van der Waals surface area contributed by atoms with Gasteiger partial charge in [-0.3, -0.25) is 0 Å². The van der Waals surface area contributed by atoms with Gasteiger partial charge in [0.25, 0.3) is 0 Å². The second kappa shape index (κ2) is 4.56. The van der Waals surface area contributed by atoms with Crippen LogP contribution < -0.4 is 0 Å². The Labute approximate surface area is 120 Å². The van der Waals surface area contributed by atoms with Crippen LogP contribution in [0.5, 0.6) is 5.88 Å². The normalized spacial score (nSPS) is 13.8. The lowest BCUT2D eigenvalue weighted by Crippen LogP contribution is -1.90. The van der Waals surface area contributed by atoms with Crippen LogP contribution in [0.25, 0.3) is 10.9 Å². The Kier molecular flexibility index (Phi) is 2.57. The Bertz CT molecular complexity index is 892. The number of hydrogen-bond donors (Lipinski definition) is 2. The summed E-state index contributed by atoms with van der Waals surface area (Å²) in [6, 6.07) is 15.5. The van der Waals surface area contributed by atoms with Gasteiger partial charge in [-0.2, -0.15) is 0 Å². The van der Waals surface area contributed by atoms with E-state index in [1.54, 1.807) is 0 Å². The highest BCUT2D eigenvalue weighted by atomic mass is 16.3. The standard InChI is InChI=1S/C16H12N4O/c21-16-15(11-6-2-4-8-13(11)18-16)20-19-14-9-10-5-1-3-7-12(10)17-14/h1-8,18,21H,9H2. The number of aromatic hydroxyl groups is 1. The van der Waals surface area contributed by atoms with Crippen molar-refractivity contribution in [2.75, 3.05) is 0 Å². The Hall–Kier alpha value is -2.95. The van der Waals surface area contributed by atoms with E-state index in [4.69, 9.17) is 0 Å². The first-order valence-corrected chi connectivity index (χ1v) is 6.68. The summed E-state index contributed by atoms with van der Waals surface area (Å²) in [4.78, 5) is 7.31. The molecule has 0 spiro atoms. The summed E-state index contributed by atoms with van der Waals surface area (Å²) in [7, 11) is 0. The SMILES string of the molecule is Oc1[nH]c2ccccc2c1N=NC1=Nc2ccccc2C1. The van der Waals surface area contributed by atoms with E-state index in [2.05, 4.69) is 20.2 Å². The Morgan fingerprint density at radius 2 is 1.81 bits per heavy atom. The molecule has 3 aromatic rings. The molecule has 5 heteroatoms. The minimum Gasteiger partial charge on any atom is -0.493 e. The van der Waals surface area contributed by atoms with E-state index in [0.29, 0.717) is 17.9 Å². The number of rotatable bonds is 1. The summed E-state index contributed by atoms with van der Waals surface area (Å²) < 4.78 is 0. The predicted molar refractivity (Wildman–Crippen MR) is 81.7 cm³/mol. The van der Waals surface area contributed by atoms with Crippen LogP contribution in [0.15, 0.2) is 63.8 Å². The van der Waals surface area contributed by atoms with Crippen LogP contribution in [0.1, 0.15) is 5.56 Å². The summed E-state index contributed by atoms with van der Waals surface area (Å²) in [6.07, 6.45) is 0.669. The number of amidine groups is 1. The van der Waals surface area contributed by atoms with Crippen LogP contribution in [0, 0.1) is 0 Å². The lowest BCUT2D eigenvalue weighted by Gasteiger charge is -1.92. The first-order valence-electron chi connectivity index (χ1n) is 6.68. The highest BCUT2D eigenvalue weighted by Crippen LogP contribution is 2.35. The average molecular weight is 276 g/mol. The van der Waals surface area contributed by atoms with Crippen LogP contribution in [-0.2, 0) is 6.42 Å². The largest absolute Gasteiger partial charge is 0.493 e. The van der Waals surface area contributed by atoms with Gasteiger partial charge in [-0.15, -0.1) is 10.2 Å². The molecule has 1 aliphatic rings. The average Bonchev–Trinajstić information content (AvgIpc) is 3.04. The number of hydrogen-bond acceptors (Lipinski definition) is 4. The van der Waals surface area contributed by atoms with Crippen molar-refractivity contribution in [3.63, 3.8) is 0 Å². The van der Waals surface area contributed by atoms with Gasteiger partial charge in [0.15, 0.2) is 11.5 Å². The fourth-order valence-electron chi connectivity index (χ4n) is 2.50. The van der Waals surface area contributed by atoms with Gasteiger partial charge in [0.2, 0.25) is 5.88 Å². The van der Waals surface area contributed by atoms with Gasteiger partial charge in [-0.1, -0.05) is 36.4 Å². The third-order valence-electron chi connectivity index (χ3n) is 3.51. The summed E-state index contributed by atoms with van der Waals surface area (Å²) in [5.41, 5.74) is 3.37. The number of azo groups is 1. The maximum atomic E-state index is 9.93. The Morgan fingerprint density at radius 3 is 2.71 bits per heavy atom. The van der Waals surface area contributed by atoms with E-state index in [-0.39, 0.29) is 5.88 Å². The van der Waals surface area contributed by atoms with Gasteiger partial charge in [0.05, 0.1) is 11.2 Å². The number of aromatic amines is 1. The van der Waals surface area contributed by atoms with Gasteiger partial charge < -0.3 is 10.1 Å². The molecule has 0 atom stereocenters. The van der Waals surface area contributed by atoms with Crippen molar-refractivity contribution >= 4 is 28.1 Å². The molecule has 0 aliphatic carbocycles. The zero-order valence-electron chi connectivity index (χ0n) is 11.1. The number of nitrogens with one attached hydrogen (secondary N) is 1. The molecule has 102 valence electrons. The summed E-state index contributed by atoms with van der Waals surface area (Å²) in [6.45, 7) is 0. The molecule has 21 heavy (non-hydrogen) atoms. The second-order valence-corrected chi connectivity index (χ2v) is 4.90. The van der Waals surface area contributed by atoms with Crippen molar-refractivity contribution in [3.8, 4) is 5.88 Å². The predicted octanol–water partition coefficient (Wildman–Crippen LogP) is 4.24. The van der Waals surface area contributed by atoms with Crippen molar-refractivity contribution in [1.82, 2.24) is 4.98 Å². The van der Waals surface area contributed by atoms with E-state index in [1.807, 2.05) is 48.5 Å². The van der Waals surface area contributed by atoms with Crippen LogP contribution in [0.3, 0.4) is 0 Å². The molecule has 0 amide bonds. The van der Waals surface area contributed by atoms with Gasteiger partial charge in [-0.05, 0) is 17.7 Å². The third-order valence-corrected chi connectivity index (χ3v) is 3.51. The van der Waals surface area contributed by atoms with E-state index < -0.39 is 0 Å². The van der Waals surface area contributed by atoms with E-state index in [0.717, 1.165) is 22.2 Å². The molecule has 5 nitrogen and oxygen atoms in total. The lowest BCUT2D eigenvalue weighted by atomic mass is 10.1. The Balaban J connectivity index is 1.69. The minimum atomic E-state index is 0.0241. The highest BCUT2D eigenvalue weighted by Gasteiger charge is 2.14. The van der Waals surface area contributed by atoms with Crippen molar-refractivity contribution in [3.05, 3.63) is 54.1 Å². The van der Waals surface area contributed by atoms with Crippen molar-refractivity contribution in [2.45, 2.75) is 6.42 Å². The first kappa shape index (κ1) is 11.8. The maximum absolute atomic E-state index is 9.93. The van der Waals surface area contributed by atoms with Gasteiger partial charge in [-0.25, -0.2) is 4.99 Å². The summed E-state index contributed by atoms with van der Waals surface area (Å²) >= 11 is 0. The molecule has 0 fully saturated rings. The fourth-order valence-corrected chi connectivity index (χ4v) is 2.50. The van der Waals surface area contributed by atoms with Crippen LogP contribution in [-0.4, -0.2) is 15.9 Å². The summed E-state index contributed by atoms with van der Waals surface area (Å²) in [5, 5.41) is 19.1. The quantitative estimate of drug-likeness (QED) is 0.641. The number of aromatic nitrogens is 1. The highest BCUT2D eigenvalue weighted by molar-refractivity contribution is 5.95. The molecule has 0 bridgehead atoms. The minimum absolute atomic E-state index is 0.0241. The smallest absolute Gasteiger partial charge is 0.218 e. The van der Waals surface area contributed by atoms with Crippen LogP contribution in [0.2, 0.25) is 0 Å². The molecule has 2 aromatic carbocycles. The number of fused-ring (bicyclic) bond motifs is 2. The molecule has 4 rings (SSSR count). The second-order valence-electron chi connectivity index (χ2n) is 4.90. The molecular weight excluding hydrogens is 264 g/mol. The van der Waals surface area contributed by atoms with Crippen molar-refractivity contribution in [1.29, 1.82) is 0 Å². The van der Waals surface area contributed by atoms with Gasteiger partial charge >= 0.3 is 0 Å². The van der Waals surface area contributed by atoms with E-state index in [9.17, 15) is 5.11 Å². The topological polar surface area (TPSA) is 73.1 Å². The number of benzene rings is 2. The third kappa shape index (κ3) is 1.99. The molecule has 2 N–H and O–H groups in total. The molecule has 1 aliphatic heterocycles. The number of aliphatic imine (C=N–C) groups is 1. The van der Waals surface area contributed by atoms with Gasteiger partial charge in [0, 0.05) is 11.8 Å². The number of nitrogens with zero attached hydrogens (tertiary/aromatic N) is 3. The number of H-pyrrole nitrogens is 1. The zero-order valence-corrected chi connectivity index (χ0v) is 11.1. The molecule has 0 radical (unpaired) electrons.